The first-order valence-electron chi connectivity index (χ1n) is 7.48. The summed E-state index contributed by atoms with van der Waals surface area (Å²) in [5, 5.41) is 8.68. The van der Waals surface area contributed by atoms with Gasteiger partial charge in [-0.05, 0) is 19.3 Å². The molecule has 2 fully saturated rings. The van der Waals surface area contributed by atoms with Crippen LogP contribution in [0.25, 0.3) is 0 Å². The summed E-state index contributed by atoms with van der Waals surface area (Å²) in [6, 6.07) is -1.47. The first-order chi connectivity index (χ1) is 10.9. The maximum Gasteiger partial charge on any atom is 0.418 e. The minimum Gasteiger partial charge on any atom is -0.423 e. The number of urea groups is 1. The normalized spacial score (nSPS) is 24.5. The number of carbonyl (C=O) groups excluding carboxylic acids is 1. The highest BCUT2D eigenvalue weighted by molar-refractivity contribution is 7.80. The molecule has 10 nitrogen and oxygen atoms in total. The monoisotopic (exact) mass is 346 g/mol. The number of fused-ring (bicyclic) bond motifs is 2. The number of hydrogen-bond donors (Lipinski definition) is 1. The van der Waals surface area contributed by atoms with Crippen molar-refractivity contribution >= 4 is 16.4 Å². The number of unbranched alkanes of at least 4 members (excludes halogenated alkanes) is 1. The third-order valence-corrected chi connectivity index (χ3v) is 4.36. The number of nitrogens with zero attached hydrogens (tertiary/aromatic N) is 4. The van der Waals surface area contributed by atoms with Crippen molar-refractivity contribution in [3.8, 4) is 0 Å². The highest BCUT2D eigenvalue weighted by atomic mass is 32.3. The molecule has 1 aromatic rings. The molecule has 0 aliphatic carbocycles. The van der Waals surface area contributed by atoms with Crippen molar-refractivity contribution < 1.29 is 26.5 Å². The third-order valence-electron chi connectivity index (χ3n) is 4.01. The fraction of sp³-hybridized carbons (Fsp3) is 0.750. The van der Waals surface area contributed by atoms with Crippen molar-refractivity contribution in [3.05, 3.63) is 11.8 Å². The SMILES string of the molecule is CCCCc1nnc([C@@H]2CC[C@@H]3CN2C(=O)N3OS(=O)(=O)O)o1. The Labute approximate surface area is 133 Å². The molecule has 0 aromatic carbocycles. The molecule has 2 bridgehead atoms. The molecule has 2 aliphatic rings. The summed E-state index contributed by atoms with van der Waals surface area (Å²) >= 11 is 0. The summed E-state index contributed by atoms with van der Waals surface area (Å²) in [4.78, 5) is 13.7. The van der Waals surface area contributed by atoms with Gasteiger partial charge in [-0.15, -0.1) is 14.5 Å². The van der Waals surface area contributed by atoms with Crippen molar-refractivity contribution in [1.82, 2.24) is 20.2 Å². The lowest BCUT2D eigenvalue weighted by atomic mass is 10.0. The standard InChI is InChI=1S/C12H18N4O6S/c1-2-3-4-10-13-14-11(21-10)9-6-5-8-7-15(9)12(17)16(8)22-23(18,19)20/h8-9H,2-7H2,1H3,(H,18,19,20)/t8-,9+/m1/s1. The summed E-state index contributed by atoms with van der Waals surface area (Å²) in [6.45, 7) is 2.34. The zero-order chi connectivity index (χ0) is 16.6. The average molecular weight is 346 g/mol. The van der Waals surface area contributed by atoms with Crippen LogP contribution in [0.4, 0.5) is 4.79 Å². The molecule has 0 saturated carbocycles. The van der Waals surface area contributed by atoms with E-state index >= 15 is 0 Å². The van der Waals surface area contributed by atoms with Gasteiger partial charge in [0.25, 0.3) is 0 Å². The van der Waals surface area contributed by atoms with Crippen LogP contribution in [0.1, 0.15) is 50.4 Å². The summed E-state index contributed by atoms with van der Waals surface area (Å²) in [6.07, 6.45) is 3.69. The van der Waals surface area contributed by atoms with Gasteiger partial charge in [0, 0.05) is 13.0 Å². The van der Waals surface area contributed by atoms with E-state index in [2.05, 4.69) is 21.4 Å². The number of carbonyl (C=O) groups is 1. The Morgan fingerprint density at radius 2 is 2.17 bits per heavy atom. The van der Waals surface area contributed by atoms with Gasteiger partial charge >= 0.3 is 16.4 Å². The molecule has 3 rings (SSSR count). The molecule has 2 saturated heterocycles. The van der Waals surface area contributed by atoms with Crippen molar-refractivity contribution in [2.45, 2.75) is 51.1 Å². The van der Waals surface area contributed by atoms with Gasteiger partial charge in [0.2, 0.25) is 11.8 Å². The van der Waals surface area contributed by atoms with Crippen LogP contribution in [-0.2, 0) is 21.1 Å². The Balaban J connectivity index is 1.74. The lowest BCUT2D eigenvalue weighted by molar-refractivity contribution is -0.0317. The van der Waals surface area contributed by atoms with Gasteiger partial charge in [0.05, 0.1) is 6.04 Å². The van der Waals surface area contributed by atoms with E-state index in [1.54, 1.807) is 0 Å². The maximum atomic E-state index is 12.3. The third kappa shape index (κ3) is 3.31. The fourth-order valence-corrected chi connectivity index (χ4v) is 3.31. The molecule has 2 aliphatic heterocycles. The molecule has 0 radical (unpaired) electrons. The fourth-order valence-electron chi connectivity index (χ4n) is 2.92. The van der Waals surface area contributed by atoms with Crippen LogP contribution < -0.4 is 0 Å². The summed E-state index contributed by atoms with van der Waals surface area (Å²) in [5.41, 5.74) is 0. The number of rotatable bonds is 6. The first kappa shape index (κ1) is 16.1. The number of aromatic nitrogens is 2. The lowest BCUT2D eigenvalue weighted by Crippen LogP contribution is -2.35. The van der Waals surface area contributed by atoms with Gasteiger partial charge in [-0.1, -0.05) is 13.3 Å². The van der Waals surface area contributed by atoms with E-state index in [0.717, 1.165) is 12.8 Å². The number of hydroxylamine groups is 2. The number of piperidine rings is 1. The van der Waals surface area contributed by atoms with Crippen molar-refractivity contribution in [1.29, 1.82) is 0 Å². The average Bonchev–Trinajstić information content (AvgIpc) is 3.04. The summed E-state index contributed by atoms with van der Waals surface area (Å²) < 4.78 is 40.5. The second-order valence-corrected chi connectivity index (χ2v) is 6.65. The predicted molar refractivity (Wildman–Crippen MR) is 75.2 cm³/mol. The van der Waals surface area contributed by atoms with Crippen LogP contribution in [-0.4, -0.2) is 51.7 Å². The van der Waals surface area contributed by atoms with Gasteiger partial charge in [-0.2, -0.15) is 13.5 Å². The molecular formula is C12H18N4O6S. The number of aryl methyl sites for hydroxylation is 1. The summed E-state index contributed by atoms with van der Waals surface area (Å²) in [7, 11) is -4.74. The van der Waals surface area contributed by atoms with Gasteiger partial charge in [-0.25, -0.2) is 4.79 Å². The van der Waals surface area contributed by atoms with Gasteiger partial charge in [-0.3, -0.25) is 4.55 Å². The van der Waals surface area contributed by atoms with E-state index in [-0.39, 0.29) is 6.54 Å². The molecule has 3 heterocycles. The molecule has 128 valence electrons. The van der Waals surface area contributed by atoms with Crippen LogP contribution in [0.15, 0.2) is 4.42 Å². The topological polar surface area (TPSA) is 126 Å². The Kier molecular flexibility index (Phi) is 4.25. The zero-order valence-electron chi connectivity index (χ0n) is 12.6. The van der Waals surface area contributed by atoms with E-state index in [1.165, 1.54) is 4.90 Å². The molecule has 0 spiro atoms. The van der Waals surface area contributed by atoms with Crippen LogP contribution in [0.2, 0.25) is 0 Å². The minimum absolute atomic E-state index is 0.283. The molecule has 23 heavy (non-hydrogen) atoms. The van der Waals surface area contributed by atoms with Gasteiger partial charge < -0.3 is 9.32 Å². The highest BCUT2D eigenvalue weighted by Crippen LogP contribution is 2.38. The second-order valence-electron chi connectivity index (χ2n) is 5.65. The number of hydrogen-bond acceptors (Lipinski definition) is 7. The largest absolute Gasteiger partial charge is 0.423 e. The van der Waals surface area contributed by atoms with Crippen molar-refractivity contribution in [2.24, 2.45) is 0 Å². The molecule has 0 unspecified atom stereocenters. The van der Waals surface area contributed by atoms with Crippen LogP contribution >= 0.6 is 0 Å². The van der Waals surface area contributed by atoms with Crippen LogP contribution in [0.5, 0.6) is 0 Å². The Morgan fingerprint density at radius 3 is 2.87 bits per heavy atom. The predicted octanol–water partition coefficient (Wildman–Crippen LogP) is 1.09. The molecule has 2 amide bonds. The van der Waals surface area contributed by atoms with Crippen LogP contribution in [0.3, 0.4) is 0 Å². The van der Waals surface area contributed by atoms with Crippen LogP contribution in [0, 0.1) is 0 Å². The van der Waals surface area contributed by atoms with Gasteiger partial charge in [0.1, 0.15) is 6.04 Å². The second kappa shape index (κ2) is 6.06. The highest BCUT2D eigenvalue weighted by Gasteiger charge is 2.49. The Hall–Kier alpha value is -1.72. The molecule has 11 heteroatoms. The zero-order valence-corrected chi connectivity index (χ0v) is 13.4. The summed E-state index contributed by atoms with van der Waals surface area (Å²) in [5.74, 6) is 0.873. The van der Waals surface area contributed by atoms with E-state index in [9.17, 15) is 13.2 Å². The Morgan fingerprint density at radius 1 is 1.39 bits per heavy atom. The molecule has 1 N–H and O–H groups in total. The lowest BCUT2D eigenvalue weighted by Gasteiger charge is -2.27. The first-order valence-corrected chi connectivity index (χ1v) is 8.84. The van der Waals surface area contributed by atoms with E-state index in [4.69, 9.17) is 8.97 Å². The Bertz CT molecular complexity index is 689. The van der Waals surface area contributed by atoms with Crippen molar-refractivity contribution in [3.63, 3.8) is 0 Å². The molecule has 2 atom stereocenters. The van der Waals surface area contributed by atoms with E-state index in [1.807, 2.05) is 0 Å². The quantitative estimate of drug-likeness (QED) is 0.758. The van der Waals surface area contributed by atoms with E-state index < -0.39 is 28.5 Å². The van der Waals surface area contributed by atoms with E-state index in [0.29, 0.717) is 36.1 Å². The minimum atomic E-state index is -4.74. The number of amides is 2. The molecule has 1 aromatic heterocycles. The maximum absolute atomic E-state index is 12.3. The molecular weight excluding hydrogens is 328 g/mol. The van der Waals surface area contributed by atoms with Gasteiger partial charge in [0.15, 0.2) is 0 Å². The smallest absolute Gasteiger partial charge is 0.418 e. The van der Waals surface area contributed by atoms with Crippen molar-refractivity contribution in [2.75, 3.05) is 6.54 Å².